The molecule has 1 aromatic carbocycles. The molecule has 0 saturated carbocycles. The zero-order valence-corrected chi connectivity index (χ0v) is 12.3. The van der Waals surface area contributed by atoms with Crippen LogP contribution in [0.1, 0.15) is 44.0 Å². The third-order valence-electron chi connectivity index (χ3n) is 3.70. The predicted molar refractivity (Wildman–Crippen MR) is 79.1 cm³/mol. The molecular weight excluding hydrogens is 258 g/mol. The van der Waals surface area contributed by atoms with Crippen molar-refractivity contribution >= 4 is 17.3 Å². The summed E-state index contributed by atoms with van der Waals surface area (Å²) in [5.74, 6) is -0.417. The molecule has 20 heavy (non-hydrogen) atoms. The lowest BCUT2D eigenvalue weighted by molar-refractivity contribution is -0.385. The first-order chi connectivity index (χ1) is 9.36. The fraction of sp³-hybridized carbons (Fsp3) is 0.500. The van der Waals surface area contributed by atoms with Gasteiger partial charge in [-0.3, -0.25) is 14.9 Å². The normalized spacial score (nSPS) is 11.0. The lowest BCUT2D eigenvalue weighted by Gasteiger charge is -2.28. The van der Waals surface area contributed by atoms with Crippen molar-refractivity contribution in [3.05, 3.63) is 33.9 Å². The van der Waals surface area contributed by atoms with Crippen LogP contribution in [0.4, 0.5) is 11.4 Å². The molecule has 6 heteroatoms. The van der Waals surface area contributed by atoms with Crippen molar-refractivity contribution < 1.29 is 9.72 Å². The number of nitro benzene ring substituents is 1. The number of hydrogen-bond donors (Lipinski definition) is 2. The van der Waals surface area contributed by atoms with Gasteiger partial charge in [0.2, 0.25) is 0 Å². The predicted octanol–water partition coefficient (Wildman–Crippen LogP) is 2.95. The van der Waals surface area contributed by atoms with Gasteiger partial charge in [0.05, 0.1) is 4.92 Å². The number of nitrogens with zero attached hydrogens (tertiary/aromatic N) is 1. The number of benzene rings is 1. The highest BCUT2D eigenvalue weighted by Crippen LogP contribution is 2.24. The van der Waals surface area contributed by atoms with Gasteiger partial charge >= 0.3 is 0 Å². The van der Waals surface area contributed by atoms with Crippen LogP contribution in [0.25, 0.3) is 0 Å². The summed E-state index contributed by atoms with van der Waals surface area (Å²) in [6.07, 6.45) is 1.52. The highest BCUT2D eigenvalue weighted by atomic mass is 16.6. The monoisotopic (exact) mass is 279 g/mol. The Hall–Kier alpha value is -2.11. The van der Waals surface area contributed by atoms with Gasteiger partial charge < -0.3 is 10.6 Å². The van der Waals surface area contributed by atoms with E-state index in [-0.39, 0.29) is 16.8 Å². The van der Waals surface area contributed by atoms with Crippen molar-refractivity contribution in [2.75, 3.05) is 12.4 Å². The van der Waals surface area contributed by atoms with Gasteiger partial charge in [-0.15, -0.1) is 0 Å². The maximum absolute atomic E-state index is 12.3. The molecule has 2 N–H and O–H groups in total. The summed E-state index contributed by atoms with van der Waals surface area (Å²) in [6.45, 7) is 5.88. The molecule has 0 fully saturated rings. The molecular formula is C14H21N3O3. The Labute approximate surface area is 118 Å². The lowest BCUT2D eigenvalue weighted by Crippen LogP contribution is -2.45. The second-order valence-electron chi connectivity index (χ2n) is 4.96. The van der Waals surface area contributed by atoms with Gasteiger partial charge in [0.25, 0.3) is 11.6 Å². The second-order valence-corrected chi connectivity index (χ2v) is 4.96. The van der Waals surface area contributed by atoms with E-state index in [2.05, 4.69) is 10.6 Å². The Morgan fingerprint density at radius 3 is 2.40 bits per heavy atom. The lowest BCUT2D eigenvalue weighted by atomic mass is 9.95. The van der Waals surface area contributed by atoms with Crippen LogP contribution in [-0.4, -0.2) is 23.4 Å². The number of carbonyl (C=O) groups is 1. The van der Waals surface area contributed by atoms with Crippen molar-refractivity contribution in [1.29, 1.82) is 0 Å². The standard InChI is InChI=1S/C14H21N3O3/c1-5-14(3,6-2)16-13(18)11-9-10(15-4)7-8-12(11)17(19)20/h7-9,15H,5-6H2,1-4H3,(H,16,18). The number of hydrogen-bond acceptors (Lipinski definition) is 4. The number of rotatable bonds is 6. The first-order valence-electron chi connectivity index (χ1n) is 6.65. The Balaban J connectivity index is 3.16. The molecule has 0 atom stereocenters. The third-order valence-corrected chi connectivity index (χ3v) is 3.70. The minimum Gasteiger partial charge on any atom is -0.388 e. The Morgan fingerprint density at radius 2 is 1.95 bits per heavy atom. The van der Waals surface area contributed by atoms with Crippen LogP contribution in [0.3, 0.4) is 0 Å². The highest BCUT2D eigenvalue weighted by Gasteiger charge is 2.27. The van der Waals surface area contributed by atoms with Crippen LogP contribution in [0.15, 0.2) is 18.2 Å². The molecule has 0 spiro atoms. The number of nitrogens with one attached hydrogen (secondary N) is 2. The van der Waals surface area contributed by atoms with Crippen molar-refractivity contribution in [1.82, 2.24) is 5.32 Å². The molecule has 0 heterocycles. The molecule has 0 aliphatic rings. The highest BCUT2D eigenvalue weighted by molar-refractivity contribution is 5.99. The molecule has 0 unspecified atom stereocenters. The summed E-state index contributed by atoms with van der Waals surface area (Å²) in [5.41, 5.74) is 0.196. The number of amides is 1. The summed E-state index contributed by atoms with van der Waals surface area (Å²) >= 11 is 0. The van der Waals surface area contributed by atoms with E-state index in [1.54, 1.807) is 13.1 Å². The van der Waals surface area contributed by atoms with Crippen molar-refractivity contribution in [2.24, 2.45) is 0 Å². The quantitative estimate of drug-likeness (QED) is 0.619. The number of carbonyl (C=O) groups excluding carboxylic acids is 1. The van der Waals surface area contributed by atoms with Crippen molar-refractivity contribution in [2.45, 2.75) is 39.2 Å². The average molecular weight is 279 g/mol. The zero-order chi connectivity index (χ0) is 15.3. The van der Waals surface area contributed by atoms with E-state index in [9.17, 15) is 14.9 Å². The molecule has 6 nitrogen and oxygen atoms in total. The summed E-state index contributed by atoms with van der Waals surface area (Å²) in [7, 11) is 1.70. The van der Waals surface area contributed by atoms with Crippen molar-refractivity contribution in [3.63, 3.8) is 0 Å². The van der Waals surface area contributed by atoms with E-state index in [1.165, 1.54) is 12.1 Å². The molecule has 0 aromatic heterocycles. The van der Waals surface area contributed by atoms with E-state index < -0.39 is 10.8 Å². The largest absolute Gasteiger partial charge is 0.388 e. The molecule has 0 radical (unpaired) electrons. The van der Waals surface area contributed by atoms with Crippen LogP contribution in [0.5, 0.6) is 0 Å². The van der Waals surface area contributed by atoms with E-state index in [4.69, 9.17) is 0 Å². The van der Waals surface area contributed by atoms with Crippen LogP contribution < -0.4 is 10.6 Å². The Kier molecular flexibility index (Phi) is 5.07. The van der Waals surface area contributed by atoms with Crippen LogP contribution in [0.2, 0.25) is 0 Å². The van der Waals surface area contributed by atoms with Gasteiger partial charge in [-0.05, 0) is 31.9 Å². The van der Waals surface area contributed by atoms with Gasteiger partial charge in [0, 0.05) is 24.3 Å². The number of nitro groups is 1. The van der Waals surface area contributed by atoms with Gasteiger partial charge in [-0.25, -0.2) is 0 Å². The maximum atomic E-state index is 12.3. The smallest absolute Gasteiger partial charge is 0.282 e. The first-order valence-corrected chi connectivity index (χ1v) is 6.65. The van der Waals surface area contributed by atoms with Crippen molar-refractivity contribution in [3.8, 4) is 0 Å². The fourth-order valence-electron chi connectivity index (χ4n) is 1.80. The van der Waals surface area contributed by atoms with Gasteiger partial charge in [0.15, 0.2) is 0 Å². The molecule has 110 valence electrons. The minimum absolute atomic E-state index is 0.0787. The number of anilines is 1. The summed E-state index contributed by atoms with van der Waals surface area (Å²) < 4.78 is 0. The van der Waals surface area contributed by atoms with E-state index in [0.29, 0.717) is 5.69 Å². The molecule has 0 aliphatic heterocycles. The zero-order valence-electron chi connectivity index (χ0n) is 12.3. The van der Waals surface area contributed by atoms with E-state index in [0.717, 1.165) is 12.8 Å². The molecule has 1 amide bonds. The summed E-state index contributed by atoms with van der Waals surface area (Å²) in [5, 5.41) is 16.8. The van der Waals surface area contributed by atoms with Gasteiger partial charge in [-0.1, -0.05) is 13.8 Å². The molecule has 0 bridgehead atoms. The topological polar surface area (TPSA) is 84.3 Å². The van der Waals surface area contributed by atoms with Gasteiger partial charge in [-0.2, -0.15) is 0 Å². The molecule has 1 rings (SSSR count). The summed E-state index contributed by atoms with van der Waals surface area (Å²) in [4.78, 5) is 22.8. The van der Waals surface area contributed by atoms with E-state index >= 15 is 0 Å². The first kappa shape index (κ1) is 15.9. The van der Waals surface area contributed by atoms with Gasteiger partial charge in [0.1, 0.15) is 5.56 Å². The van der Waals surface area contributed by atoms with Crippen LogP contribution in [0, 0.1) is 10.1 Å². The fourth-order valence-corrected chi connectivity index (χ4v) is 1.80. The maximum Gasteiger partial charge on any atom is 0.282 e. The second kappa shape index (κ2) is 6.36. The SMILES string of the molecule is CCC(C)(CC)NC(=O)c1cc(NC)ccc1[N+](=O)[O-]. The molecule has 0 aliphatic carbocycles. The third kappa shape index (κ3) is 3.46. The van der Waals surface area contributed by atoms with Crippen LogP contribution >= 0.6 is 0 Å². The molecule has 0 saturated heterocycles. The van der Waals surface area contributed by atoms with Crippen LogP contribution in [-0.2, 0) is 0 Å². The molecule has 1 aromatic rings. The Morgan fingerprint density at radius 1 is 1.35 bits per heavy atom. The average Bonchev–Trinajstić information content (AvgIpc) is 2.46. The Bertz CT molecular complexity index is 510. The summed E-state index contributed by atoms with van der Waals surface area (Å²) in [6, 6.07) is 4.42. The minimum atomic E-state index is -0.538. The van der Waals surface area contributed by atoms with E-state index in [1.807, 2.05) is 20.8 Å².